The molecule has 7 heteroatoms. The highest BCUT2D eigenvalue weighted by Crippen LogP contribution is 2.22. The smallest absolute Gasteiger partial charge is 0.222 e. The van der Waals surface area contributed by atoms with E-state index in [-0.39, 0.29) is 12.3 Å². The number of carbonyl (C=O) groups excluding carboxylic acids is 1. The third-order valence-corrected chi connectivity index (χ3v) is 2.68. The Labute approximate surface area is 99.0 Å². The molecule has 1 unspecified atom stereocenters. The molecule has 1 aliphatic heterocycles. The Kier molecular flexibility index (Phi) is 5.29. The Morgan fingerprint density at radius 1 is 1.41 bits per heavy atom. The molecule has 0 radical (unpaired) electrons. The van der Waals surface area contributed by atoms with Crippen molar-refractivity contribution in [3.63, 3.8) is 0 Å². The molecule has 17 heavy (non-hydrogen) atoms. The van der Waals surface area contributed by atoms with Gasteiger partial charge in [-0.2, -0.15) is 0 Å². The zero-order chi connectivity index (χ0) is 13.0. The second-order valence-corrected chi connectivity index (χ2v) is 4.07. The highest BCUT2D eigenvalue weighted by atomic mass is 16.6. The van der Waals surface area contributed by atoms with E-state index in [2.05, 4.69) is 5.32 Å². The number of amides is 1. The van der Waals surface area contributed by atoms with Crippen LogP contribution in [0.2, 0.25) is 0 Å². The number of ether oxygens (including phenoxy) is 1. The van der Waals surface area contributed by atoms with Crippen molar-refractivity contribution in [2.75, 3.05) is 6.61 Å². The number of hydrogen-bond acceptors (Lipinski definition) is 6. The van der Waals surface area contributed by atoms with Crippen molar-refractivity contribution in [1.29, 1.82) is 0 Å². The standard InChI is InChI=1S/C10H19NO6/c1-2-3-6(13)11-10(16)9-8(15)7(14)5(4-12)17-9/h5,7-10,12,14-16H,2-4H2,1H3,(H,11,13)/t5-,7-,8+,9+,10?/m1/s1. The Bertz CT molecular complexity index is 261. The van der Waals surface area contributed by atoms with Crippen LogP contribution in [-0.2, 0) is 9.53 Å². The fraction of sp³-hybridized carbons (Fsp3) is 0.900. The minimum atomic E-state index is -1.41. The molecule has 5 N–H and O–H groups in total. The molecular formula is C10H19NO6. The summed E-state index contributed by atoms with van der Waals surface area (Å²) in [5.41, 5.74) is 0. The van der Waals surface area contributed by atoms with E-state index < -0.39 is 37.3 Å². The summed E-state index contributed by atoms with van der Waals surface area (Å²) in [6.07, 6.45) is -5.22. The van der Waals surface area contributed by atoms with Gasteiger partial charge in [0, 0.05) is 6.42 Å². The lowest BCUT2D eigenvalue weighted by Gasteiger charge is -2.21. The Morgan fingerprint density at radius 3 is 2.53 bits per heavy atom. The second kappa shape index (κ2) is 6.27. The summed E-state index contributed by atoms with van der Waals surface area (Å²) in [5, 5.41) is 39.8. The lowest BCUT2D eigenvalue weighted by molar-refractivity contribution is -0.131. The first kappa shape index (κ1) is 14.3. The van der Waals surface area contributed by atoms with Crippen LogP contribution in [0.25, 0.3) is 0 Å². The zero-order valence-electron chi connectivity index (χ0n) is 9.61. The summed E-state index contributed by atoms with van der Waals surface area (Å²) in [6.45, 7) is 1.35. The monoisotopic (exact) mass is 249 g/mol. The van der Waals surface area contributed by atoms with Crippen LogP contribution in [0.4, 0.5) is 0 Å². The summed E-state index contributed by atoms with van der Waals surface area (Å²) in [6, 6.07) is 0. The molecule has 1 heterocycles. The lowest BCUT2D eigenvalue weighted by Crippen LogP contribution is -2.48. The van der Waals surface area contributed by atoms with Gasteiger partial charge in [-0.05, 0) is 6.42 Å². The average molecular weight is 249 g/mol. The van der Waals surface area contributed by atoms with Crippen LogP contribution in [0.15, 0.2) is 0 Å². The first-order chi connectivity index (χ1) is 8.01. The number of aliphatic hydroxyl groups excluding tert-OH is 4. The highest BCUT2D eigenvalue weighted by Gasteiger charge is 2.45. The van der Waals surface area contributed by atoms with Crippen molar-refractivity contribution in [1.82, 2.24) is 5.32 Å². The SMILES string of the molecule is CCCC(=O)NC(O)[C@H]1O[C@H](CO)[C@@H](O)[C@@H]1O. The number of rotatable bonds is 5. The van der Waals surface area contributed by atoms with E-state index in [0.29, 0.717) is 6.42 Å². The third-order valence-electron chi connectivity index (χ3n) is 2.68. The van der Waals surface area contributed by atoms with Gasteiger partial charge in [-0.3, -0.25) is 4.79 Å². The molecule has 7 nitrogen and oxygen atoms in total. The second-order valence-electron chi connectivity index (χ2n) is 4.07. The molecule has 1 rings (SSSR count). The number of carbonyl (C=O) groups is 1. The molecule has 100 valence electrons. The Hall–Kier alpha value is -0.730. The normalized spacial score (nSPS) is 34.6. The van der Waals surface area contributed by atoms with Crippen molar-refractivity contribution in [2.45, 2.75) is 50.4 Å². The molecule has 0 aromatic rings. The minimum Gasteiger partial charge on any atom is -0.394 e. The summed E-state index contributed by atoms with van der Waals surface area (Å²) in [5.74, 6) is -0.363. The molecular weight excluding hydrogens is 230 g/mol. The number of aliphatic hydroxyl groups is 4. The van der Waals surface area contributed by atoms with Crippen LogP contribution in [0.5, 0.6) is 0 Å². The van der Waals surface area contributed by atoms with Gasteiger partial charge in [-0.15, -0.1) is 0 Å². The van der Waals surface area contributed by atoms with Gasteiger partial charge in [0.25, 0.3) is 0 Å². The number of nitrogens with one attached hydrogen (secondary N) is 1. The highest BCUT2D eigenvalue weighted by molar-refractivity contribution is 5.76. The van der Waals surface area contributed by atoms with Gasteiger partial charge in [-0.25, -0.2) is 0 Å². The molecule has 0 bridgehead atoms. The molecule has 0 aromatic heterocycles. The summed E-state index contributed by atoms with van der Waals surface area (Å²) in [4.78, 5) is 11.2. The summed E-state index contributed by atoms with van der Waals surface area (Å²) < 4.78 is 5.06. The largest absolute Gasteiger partial charge is 0.394 e. The van der Waals surface area contributed by atoms with Gasteiger partial charge in [0.05, 0.1) is 6.61 Å². The predicted molar refractivity (Wildman–Crippen MR) is 56.8 cm³/mol. The minimum absolute atomic E-state index is 0.256. The molecule has 0 saturated carbocycles. The molecule has 1 aliphatic rings. The van der Waals surface area contributed by atoms with Crippen molar-refractivity contribution < 1.29 is 30.0 Å². The van der Waals surface area contributed by atoms with Crippen LogP contribution in [0, 0.1) is 0 Å². The maximum Gasteiger partial charge on any atom is 0.222 e. The van der Waals surface area contributed by atoms with Crippen molar-refractivity contribution >= 4 is 5.91 Å². The van der Waals surface area contributed by atoms with Gasteiger partial charge in [-0.1, -0.05) is 6.92 Å². The van der Waals surface area contributed by atoms with Crippen LogP contribution in [-0.4, -0.2) is 63.6 Å². The van der Waals surface area contributed by atoms with Gasteiger partial charge >= 0.3 is 0 Å². The first-order valence-corrected chi connectivity index (χ1v) is 5.61. The van der Waals surface area contributed by atoms with Crippen molar-refractivity contribution in [3.05, 3.63) is 0 Å². The van der Waals surface area contributed by atoms with E-state index >= 15 is 0 Å². The van der Waals surface area contributed by atoms with E-state index in [1.807, 2.05) is 6.92 Å². The fourth-order valence-corrected chi connectivity index (χ4v) is 1.74. The van der Waals surface area contributed by atoms with Gasteiger partial charge < -0.3 is 30.5 Å². The lowest BCUT2D eigenvalue weighted by atomic mass is 10.1. The maximum absolute atomic E-state index is 11.2. The molecule has 0 aliphatic carbocycles. The van der Waals surface area contributed by atoms with Crippen molar-refractivity contribution in [2.24, 2.45) is 0 Å². The maximum atomic E-state index is 11.2. The molecule has 5 atom stereocenters. The average Bonchev–Trinajstić information content (AvgIpc) is 2.56. The summed E-state index contributed by atoms with van der Waals surface area (Å²) >= 11 is 0. The molecule has 0 spiro atoms. The van der Waals surface area contributed by atoms with E-state index in [1.54, 1.807) is 0 Å². The zero-order valence-corrected chi connectivity index (χ0v) is 9.61. The van der Waals surface area contributed by atoms with Crippen LogP contribution in [0.3, 0.4) is 0 Å². The van der Waals surface area contributed by atoms with Crippen molar-refractivity contribution in [3.8, 4) is 0 Å². The van der Waals surface area contributed by atoms with Gasteiger partial charge in [0.15, 0.2) is 6.23 Å². The third kappa shape index (κ3) is 3.36. The van der Waals surface area contributed by atoms with E-state index in [9.17, 15) is 20.1 Å². The van der Waals surface area contributed by atoms with Crippen LogP contribution < -0.4 is 5.32 Å². The molecule has 1 saturated heterocycles. The fourth-order valence-electron chi connectivity index (χ4n) is 1.74. The molecule has 0 aromatic carbocycles. The first-order valence-electron chi connectivity index (χ1n) is 5.61. The van der Waals surface area contributed by atoms with Crippen LogP contribution in [0.1, 0.15) is 19.8 Å². The Balaban J connectivity index is 2.52. The quantitative estimate of drug-likeness (QED) is 0.350. The van der Waals surface area contributed by atoms with E-state index in [0.717, 1.165) is 0 Å². The van der Waals surface area contributed by atoms with Gasteiger partial charge in [0.2, 0.25) is 5.91 Å². The summed E-state index contributed by atoms with van der Waals surface area (Å²) in [7, 11) is 0. The van der Waals surface area contributed by atoms with E-state index in [4.69, 9.17) is 9.84 Å². The van der Waals surface area contributed by atoms with Gasteiger partial charge in [0.1, 0.15) is 24.4 Å². The molecule has 1 amide bonds. The number of hydrogen-bond donors (Lipinski definition) is 5. The molecule has 1 fully saturated rings. The predicted octanol–water partition coefficient (Wildman–Crippen LogP) is -2.30. The topological polar surface area (TPSA) is 119 Å². The van der Waals surface area contributed by atoms with Crippen LogP contribution >= 0.6 is 0 Å². The van der Waals surface area contributed by atoms with E-state index in [1.165, 1.54) is 0 Å². The Morgan fingerprint density at radius 2 is 2.06 bits per heavy atom.